The predicted molar refractivity (Wildman–Crippen MR) is 108 cm³/mol. The largest absolute Gasteiger partial charge is 0.455 e. The Labute approximate surface area is 164 Å². The van der Waals surface area contributed by atoms with Gasteiger partial charge in [0.15, 0.2) is 11.5 Å². The fourth-order valence-corrected chi connectivity index (χ4v) is 3.83. The van der Waals surface area contributed by atoms with Crippen LogP contribution in [0.3, 0.4) is 0 Å². The normalized spacial score (nSPS) is 14.4. The fourth-order valence-electron chi connectivity index (χ4n) is 3.83. The molecular weight excluding hydrogens is 350 g/mol. The molecule has 1 unspecified atom stereocenters. The van der Waals surface area contributed by atoms with E-state index in [1.807, 2.05) is 61.5 Å². The summed E-state index contributed by atoms with van der Waals surface area (Å²) in [6.45, 7) is 3.83. The standard InChI is InChI=1S/C24H23NO3/c1-15-11-13-18(14-12-15)22(17-7-4-3-5-8-17)25-24(27)23-16(2)21-19(26)9-6-10-20(21)28-23/h3-5,7-8,11-14,22H,6,9-10H2,1-2H3,(H,25,27). The second-order valence-electron chi connectivity index (χ2n) is 7.36. The van der Waals surface area contributed by atoms with E-state index in [-0.39, 0.29) is 23.5 Å². The van der Waals surface area contributed by atoms with E-state index in [4.69, 9.17) is 4.42 Å². The molecule has 0 spiro atoms. The molecule has 0 aliphatic heterocycles. The van der Waals surface area contributed by atoms with Crippen molar-refractivity contribution in [2.75, 3.05) is 0 Å². The van der Waals surface area contributed by atoms with Crippen LogP contribution in [-0.4, -0.2) is 11.7 Å². The fraction of sp³-hybridized carbons (Fsp3) is 0.250. The summed E-state index contributed by atoms with van der Waals surface area (Å²) in [7, 11) is 0. The van der Waals surface area contributed by atoms with Gasteiger partial charge in [0.2, 0.25) is 0 Å². The summed E-state index contributed by atoms with van der Waals surface area (Å²) in [6.07, 6.45) is 2.00. The first-order valence-corrected chi connectivity index (χ1v) is 9.62. The molecule has 142 valence electrons. The number of carbonyl (C=O) groups is 2. The Morgan fingerprint density at radius 2 is 1.64 bits per heavy atom. The number of ketones is 1. The highest BCUT2D eigenvalue weighted by molar-refractivity contribution is 6.03. The van der Waals surface area contributed by atoms with Gasteiger partial charge in [-0.3, -0.25) is 9.59 Å². The van der Waals surface area contributed by atoms with Crippen LogP contribution in [0.2, 0.25) is 0 Å². The zero-order valence-electron chi connectivity index (χ0n) is 16.1. The molecule has 28 heavy (non-hydrogen) atoms. The Morgan fingerprint density at radius 1 is 0.964 bits per heavy atom. The summed E-state index contributed by atoms with van der Waals surface area (Å²) in [5.41, 5.74) is 4.39. The Morgan fingerprint density at radius 3 is 2.32 bits per heavy atom. The number of furan rings is 1. The van der Waals surface area contributed by atoms with Gasteiger partial charge in [-0.1, -0.05) is 60.2 Å². The molecule has 1 heterocycles. The van der Waals surface area contributed by atoms with Gasteiger partial charge in [0.05, 0.1) is 11.6 Å². The molecule has 1 aliphatic rings. The van der Waals surface area contributed by atoms with Gasteiger partial charge >= 0.3 is 0 Å². The van der Waals surface area contributed by atoms with Crippen molar-refractivity contribution in [2.24, 2.45) is 0 Å². The van der Waals surface area contributed by atoms with Crippen LogP contribution in [-0.2, 0) is 6.42 Å². The molecule has 1 amide bonds. The predicted octanol–water partition coefficient (Wildman–Crippen LogP) is 4.93. The molecular formula is C24H23NO3. The third-order valence-electron chi connectivity index (χ3n) is 5.33. The maximum atomic E-state index is 13.1. The monoisotopic (exact) mass is 373 g/mol. The lowest BCUT2D eigenvalue weighted by molar-refractivity contribution is 0.0909. The minimum absolute atomic E-state index is 0.0692. The average molecular weight is 373 g/mol. The van der Waals surface area contributed by atoms with Crippen LogP contribution in [0, 0.1) is 13.8 Å². The molecule has 0 bridgehead atoms. The molecule has 2 aromatic carbocycles. The van der Waals surface area contributed by atoms with Crippen LogP contribution in [0.15, 0.2) is 59.0 Å². The highest BCUT2D eigenvalue weighted by Gasteiger charge is 2.30. The highest BCUT2D eigenvalue weighted by atomic mass is 16.4. The molecule has 0 saturated heterocycles. The summed E-state index contributed by atoms with van der Waals surface area (Å²) < 4.78 is 5.83. The maximum absolute atomic E-state index is 13.1. The number of Topliss-reactive ketones (excluding diaryl/α,β-unsaturated/α-hetero) is 1. The van der Waals surface area contributed by atoms with E-state index in [1.165, 1.54) is 0 Å². The SMILES string of the molecule is Cc1ccc(C(NC(=O)c2oc3c(c2C)C(=O)CCC3)c2ccccc2)cc1. The summed E-state index contributed by atoms with van der Waals surface area (Å²) >= 11 is 0. The molecule has 3 aromatic rings. The van der Waals surface area contributed by atoms with Crippen molar-refractivity contribution < 1.29 is 14.0 Å². The van der Waals surface area contributed by atoms with Crippen LogP contribution < -0.4 is 5.32 Å². The van der Waals surface area contributed by atoms with Crippen LogP contribution in [0.4, 0.5) is 0 Å². The van der Waals surface area contributed by atoms with Crippen molar-refractivity contribution in [1.29, 1.82) is 0 Å². The van der Waals surface area contributed by atoms with Crippen LogP contribution >= 0.6 is 0 Å². The molecule has 1 N–H and O–H groups in total. The van der Waals surface area contributed by atoms with E-state index in [9.17, 15) is 9.59 Å². The van der Waals surface area contributed by atoms with E-state index < -0.39 is 0 Å². The average Bonchev–Trinajstić information content (AvgIpc) is 3.05. The van der Waals surface area contributed by atoms with Gasteiger partial charge in [-0.05, 0) is 31.4 Å². The van der Waals surface area contributed by atoms with Crippen molar-refractivity contribution in [3.63, 3.8) is 0 Å². The topological polar surface area (TPSA) is 59.3 Å². The number of carbonyl (C=O) groups excluding carboxylic acids is 2. The quantitative estimate of drug-likeness (QED) is 0.705. The third-order valence-corrected chi connectivity index (χ3v) is 5.33. The van der Waals surface area contributed by atoms with E-state index in [1.54, 1.807) is 6.92 Å². The summed E-state index contributed by atoms with van der Waals surface area (Å²) in [4.78, 5) is 25.3. The second-order valence-corrected chi connectivity index (χ2v) is 7.36. The lowest BCUT2D eigenvalue weighted by atomic mass is 9.93. The minimum Gasteiger partial charge on any atom is -0.455 e. The zero-order valence-corrected chi connectivity index (χ0v) is 16.1. The van der Waals surface area contributed by atoms with Crippen molar-refractivity contribution in [2.45, 2.75) is 39.2 Å². The summed E-state index contributed by atoms with van der Waals surface area (Å²) in [6, 6.07) is 17.7. The van der Waals surface area contributed by atoms with Gasteiger partial charge in [0.25, 0.3) is 5.91 Å². The smallest absolute Gasteiger partial charge is 0.288 e. The molecule has 1 atom stereocenters. The Bertz CT molecular complexity index is 1020. The third kappa shape index (κ3) is 3.38. The van der Waals surface area contributed by atoms with Gasteiger partial charge in [-0.15, -0.1) is 0 Å². The molecule has 0 radical (unpaired) electrons. The number of benzene rings is 2. The van der Waals surface area contributed by atoms with Crippen LogP contribution in [0.25, 0.3) is 0 Å². The zero-order chi connectivity index (χ0) is 19.7. The van der Waals surface area contributed by atoms with Crippen LogP contribution in [0.1, 0.15) is 67.8 Å². The maximum Gasteiger partial charge on any atom is 0.288 e. The number of nitrogens with one attached hydrogen (secondary N) is 1. The lowest BCUT2D eigenvalue weighted by Gasteiger charge is -2.19. The molecule has 0 saturated carbocycles. The van der Waals surface area contributed by atoms with Crippen molar-refractivity contribution in [1.82, 2.24) is 5.32 Å². The second kappa shape index (κ2) is 7.47. The Hall–Kier alpha value is -3.14. The first-order chi connectivity index (χ1) is 13.5. The highest BCUT2D eigenvalue weighted by Crippen LogP contribution is 2.30. The molecule has 4 nitrogen and oxygen atoms in total. The van der Waals surface area contributed by atoms with Gasteiger partial charge in [-0.2, -0.15) is 0 Å². The number of fused-ring (bicyclic) bond motifs is 1. The number of rotatable bonds is 4. The minimum atomic E-state index is -0.300. The van der Waals surface area contributed by atoms with E-state index in [0.717, 1.165) is 23.1 Å². The van der Waals surface area contributed by atoms with E-state index in [0.29, 0.717) is 29.7 Å². The molecule has 1 aromatic heterocycles. The summed E-state index contributed by atoms with van der Waals surface area (Å²) in [5, 5.41) is 3.11. The molecule has 4 heteroatoms. The molecule has 4 rings (SSSR count). The summed E-state index contributed by atoms with van der Waals surface area (Å²) in [5.74, 6) is 0.660. The molecule has 0 fully saturated rings. The molecule has 1 aliphatic carbocycles. The van der Waals surface area contributed by atoms with Crippen molar-refractivity contribution in [3.05, 3.63) is 93.9 Å². The van der Waals surface area contributed by atoms with Gasteiger partial charge in [0, 0.05) is 18.4 Å². The van der Waals surface area contributed by atoms with E-state index in [2.05, 4.69) is 5.32 Å². The van der Waals surface area contributed by atoms with Crippen molar-refractivity contribution >= 4 is 11.7 Å². The van der Waals surface area contributed by atoms with Gasteiger partial charge in [-0.25, -0.2) is 0 Å². The Kier molecular flexibility index (Phi) is 4.86. The lowest BCUT2D eigenvalue weighted by Crippen LogP contribution is -2.29. The number of hydrogen-bond acceptors (Lipinski definition) is 3. The number of amides is 1. The van der Waals surface area contributed by atoms with E-state index >= 15 is 0 Å². The first-order valence-electron chi connectivity index (χ1n) is 9.62. The first kappa shape index (κ1) is 18.2. The Balaban J connectivity index is 1.69. The van der Waals surface area contributed by atoms with Crippen LogP contribution in [0.5, 0.6) is 0 Å². The number of hydrogen-bond donors (Lipinski definition) is 1. The van der Waals surface area contributed by atoms with Crippen molar-refractivity contribution in [3.8, 4) is 0 Å². The van der Waals surface area contributed by atoms with Gasteiger partial charge in [0.1, 0.15) is 5.76 Å². The number of aryl methyl sites for hydroxylation is 2. The van der Waals surface area contributed by atoms with Gasteiger partial charge < -0.3 is 9.73 Å².